The van der Waals surface area contributed by atoms with E-state index in [-0.39, 0.29) is 11.3 Å². The minimum absolute atomic E-state index is 0.0354. The Morgan fingerprint density at radius 3 is 2.42 bits per heavy atom. The summed E-state index contributed by atoms with van der Waals surface area (Å²) < 4.78 is 32.6. The van der Waals surface area contributed by atoms with E-state index in [1.165, 1.54) is 24.3 Å². The molecule has 1 unspecified atom stereocenters. The summed E-state index contributed by atoms with van der Waals surface area (Å²) in [6, 6.07) is 11.4. The van der Waals surface area contributed by atoms with Gasteiger partial charge in [-0.15, -0.1) is 0 Å². The van der Waals surface area contributed by atoms with E-state index in [4.69, 9.17) is 16.3 Å². The van der Waals surface area contributed by atoms with Gasteiger partial charge in [-0.3, -0.25) is 4.79 Å². The largest absolute Gasteiger partial charge is 0.480 e. The zero-order valence-electron chi connectivity index (χ0n) is 14.2. The molecule has 0 radical (unpaired) electrons. The average molecular weight is 398 g/mol. The van der Waals surface area contributed by atoms with E-state index in [1.54, 1.807) is 24.3 Å². The van der Waals surface area contributed by atoms with Crippen LogP contribution in [0, 0.1) is 0 Å². The van der Waals surface area contributed by atoms with Crippen molar-refractivity contribution in [2.75, 3.05) is 0 Å². The molecule has 6 nitrogen and oxygen atoms in total. The molecule has 0 saturated carbocycles. The van der Waals surface area contributed by atoms with Crippen LogP contribution in [0.2, 0.25) is 5.02 Å². The van der Waals surface area contributed by atoms with Crippen molar-refractivity contribution in [3.05, 3.63) is 53.6 Å². The molecule has 0 aromatic heterocycles. The van der Waals surface area contributed by atoms with Gasteiger partial charge >= 0.3 is 5.97 Å². The summed E-state index contributed by atoms with van der Waals surface area (Å²) in [4.78, 5) is 11.2. The number of nitrogens with one attached hydrogen (secondary N) is 1. The van der Waals surface area contributed by atoms with Gasteiger partial charge < -0.3 is 9.84 Å². The number of hydrogen-bond donors (Lipinski definition) is 2. The third-order valence-corrected chi connectivity index (χ3v) is 5.44. The second kappa shape index (κ2) is 9.02. The Balaban J connectivity index is 2.13. The molecule has 2 N–H and O–H groups in total. The standard InChI is InChI=1S/C18H20ClNO5S/c1-2-3-7-16(18(21)22)20-26(23,24)14-11-9-13(10-12-14)25-17-8-5-4-6-15(17)19/h4-6,8-12,16,20H,2-3,7H2,1H3,(H,21,22). The predicted molar refractivity (Wildman–Crippen MR) is 99.2 cm³/mol. The van der Waals surface area contributed by atoms with Gasteiger partial charge in [-0.2, -0.15) is 4.72 Å². The lowest BCUT2D eigenvalue weighted by atomic mass is 10.1. The number of hydrogen-bond acceptors (Lipinski definition) is 4. The van der Waals surface area contributed by atoms with Gasteiger partial charge in [0.25, 0.3) is 0 Å². The maximum absolute atomic E-state index is 12.4. The van der Waals surface area contributed by atoms with Gasteiger partial charge in [0.2, 0.25) is 10.0 Å². The van der Waals surface area contributed by atoms with E-state index in [0.717, 1.165) is 6.42 Å². The highest BCUT2D eigenvalue weighted by atomic mass is 35.5. The summed E-state index contributed by atoms with van der Waals surface area (Å²) in [6.45, 7) is 1.91. The fourth-order valence-corrected chi connectivity index (χ4v) is 3.64. The molecular formula is C18H20ClNO5S. The molecule has 2 rings (SSSR count). The van der Waals surface area contributed by atoms with Gasteiger partial charge in [0, 0.05) is 0 Å². The molecular weight excluding hydrogens is 378 g/mol. The summed E-state index contributed by atoms with van der Waals surface area (Å²) in [5, 5.41) is 9.62. The Morgan fingerprint density at radius 1 is 1.19 bits per heavy atom. The number of carboxylic acid groups (broad SMARTS) is 1. The molecule has 26 heavy (non-hydrogen) atoms. The van der Waals surface area contributed by atoms with Crippen LogP contribution in [0.1, 0.15) is 26.2 Å². The fraction of sp³-hybridized carbons (Fsp3) is 0.278. The van der Waals surface area contributed by atoms with Crippen molar-refractivity contribution in [3.63, 3.8) is 0 Å². The van der Waals surface area contributed by atoms with Crippen molar-refractivity contribution >= 4 is 27.6 Å². The van der Waals surface area contributed by atoms with Crippen LogP contribution in [0.4, 0.5) is 0 Å². The quantitative estimate of drug-likeness (QED) is 0.665. The molecule has 0 heterocycles. The summed E-state index contributed by atoms with van der Waals surface area (Å²) in [7, 11) is -3.95. The van der Waals surface area contributed by atoms with Gasteiger partial charge in [-0.05, 0) is 42.8 Å². The summed E-state index contributed by atoms with van der Waals surface area (Å²) in [5.41, 5.74) is 0. The first-order valence-electron chi connectivity index (χ1n) is 8.11. The van der Waals surface area contributed by atoms with Crippen LogP contribution in [-0.2, 0) is 14.8 Å². The van der Waals surface area contributed by atoms with Crippen LogP contribution in [0.5, 0.6) is 11.5 Å². The molecule has 0 saturated heterocycles. The minimum Gasteiger partial charge on any atom is -0.480 e. The Morgan fingerprint density at radius 2 is 1.85 bits per heavy atom. The second-order valence-corrected chi connectivity index (χ2v) is 7.78. The van der Waals surface area contributed by atoms with Gasteiger partial charge in [0.1, 0.15) is 17.5 Å². The number of unbranched alkanes of at least 4 members (excludes halogenated alkanes) is 1. The molecule has 0 aliphatic heterocycles. The van der Waals surface area contributed by atoms with Crippen molar-refractivity contribution in [1.29, 1.82) is 0 Å². The van der Waals surface area contributed by atoms with Crippen LogP contribution < -0.4 is 9.46 Å². The van der Waals surface area contributed by atoms with Crippen molar-refractivity contribution in [3.8, 4) is 11.5 Å². The van der Waals surface area contributed by atoms with E-state index < -0.39 is 22.0 Å². The van der Waals surface area contributed by atoms with Crippen LogP contribution in [-0.4, -0.2) is 25.5 Å². The van der Waals surface area contributed by atoms with Crippen LogP contribution >= 0.6 is 11.6 Å². The van der Waals surface area contributed by atoms with E-state index in [9.17, 15) is 18.3 Å². The number of rotatable bonds is 9. The monoisotopic (exact) mass is 397 g/mol. The number of sulfonamides is 1. The maximum Gasteiger partial charge on any atom is 0.321 e. The lowest BCUT2D eigenvalue weighted by Gasteiger charge is -2.15. The van der Waals surface area contributed by atoms with Crippen LogP contribution in [0.3, 0.4) is 0 Å². The number of aliphatic carboxylic acids is 1. The Bertz CT molecular complexity index is 852. The number of ether oxygens (including phenoxy) is 1. The van der Waals surface area contributed by atoms with Gasteiger partial charge in [-0.25, -0.2) is 8.42 Å². The highest BCUT2D eigenvalue weighted by Crippen LogP contribution is 2.29. The van der Waals surface area contributed by atoms with Crippen molar-refractivity contribution in [2.45, 2.75) is 37.1 Å². The lowest BCUT2D eigenvalue weighted by Crippen LogP contribution is -2.40. The van der Waals surface area contributed by atoms with Gasteiger partial charge in [0.15, 0.2) is 0 Å². The second-order valence-electron chi connectivity index (χ2n) is 5.66. The topological polar surface area (TPSA) is 92.7 Å². The Labute approximate surface area is 157 Å². The highest BCUT2D eigenvalue weighted by molar-refractivity contribution is 7.89. The molecule has 2 aromatic carbocycles. The molecule has 1 atom stereocenters. The normalized spacial score (nSPS) is 12.5. The molecule has 0 aliphatic rings. The van der Waals surface area contributed by atoms with Crippen LogP contribution in [0.25, 0.3) is 0 Å². The number of halogens is 1. The lowest BCUT2D eigenvalue weighted by molar-refractivity contribution is -0.139. The molecule has 2 aromatic rings. The number of carboxylic acids is 1. The van der Waals surface area contributed by atoms with Crippen molar-refractivity contribution < 1.29 is 23.1 Å². The molecule has 0 spiro atoms. The molecule has 0 aliphatic carbocycles. The number of carbonyl (C=O) groups is 1. The van der Waals surface area contributed by atoms with Crippen LogP contribution in [0.15, 0.2) is 53.4 Å². The Hall–Kier alpha value is -2.09. The summed E-state index contributed by atoms with van der Waals surface area (Å²) in [5.74, 6) is -0.327. The van der Waals surface area contributed by atoms with E-state index in [0.29, 0.717) is 22.9 Å². The molecule has 8 heteroatoms. The fourth-order valence-electron chi connectivity index (χ4n) is 2.24. The molecule has 0 amide bonds. The summed E-state index contributed by atoms with van der Waals surface area (Å²) in [6.07, 6.45) is 1.63. The van der Waals surface area contributed by atoms with Gasteiger partial charge in [0.05, 0.1) is 9.92 Å². The first-order chi connectivity index (χ1) is 12.3. The smallest absolute Gasteiger partial charge is 0.321 e. The molecule has 0 fully saturated rings. The van der Waals surface area contributed by atoms with Crippen molar-refractivity contribution in [2.24, 2.45) is 0 Å². The zero-order chi connectivity index (χ0) is 19.2. The Kier molecular flexibility index (Phi) is 7.02. The molecule has 140 valence electrons. The summed E-state index contributed by atoms with van der Waals surface area (Å²) >= 11 is 6.02. The number of para-hydroxylation sites is 1. The van der Waals surface area contributed by atoms with E-state index >= 15 is 0 Å². The van der Waals surface area contributed by atoms with Crippen molar-refractivity contribution in [1.82, 2.24) is 4.72 Å². The predicted octanol–water partition coefficient (Wildman–Crippen LogP) is 4.05. The first-order valence-corrected chi connectivity index (χ1v) is 9.97. The maximum atomic E-state index is 12.4. The third kappa shape index (κ3) is 5.45. The first kappa shape index (κ1) is 20.2. The average Bonchev–Trinajstić information content (AvgIpc) is 2.61. The van der Waals surface area contributed by atoms with Gasteiger partial charge in [-0.1, -0.05) is 43.5 Å². The SMILES string of the molecule is CCCCC(NS(=O)(=O)c1ccc(Oc2ccccc2Cl)cc1)C(=O)O. The van der Waals surface area contributed by atoms with E-state index in [2.05, 4.69) is 4.72 Å². The van der Waals surface area contributed by atoms with E-state index in [1.807, 2.05) is 6.92 Å². The third-order valence-electron chi connectivity index (χ3n) is 3.64. The minimum atomic E-state index is -3.95. The molecule has 0 bridgehead atoms. The number of benzene rings is 2. The zero-order valence-corrected chi connectivity index (χ0v) is 15.8. The highest BCUT2D eigenvalue weighted by Gasteiger charge is 2.24.